The fraction of sp³-hybridized carbons (Fsp3) is 0.619. The molecule has 2 aliphatic carbocycles. The van der Waals surface area contributed by atoms with E-state index in [9.17, 15) is 14.0 Å². The van der Waals surface area contributed by atoms with E-state index in [4.69, 9.17) is 0 Å². The zero-order valence-electron chi connectivity index (χ0n) is 15.3. The van der Waals surface area contributed by atoms with Gasteiger partial charge in [-0.2, -0.15) is 0 Å². The number of Topliss-reactive ketones (excluding diaryl/α,β-unsaturated/α-hetero) is 1. The summed E-state index contributed by atoms with van der Waals surface area (Å²) in [5, 5.41) is 0. The first kappa shape index (κ1) is 18.1. The Balaban J connectivity index is 2.05. The largest absolute Gasteiger partial charge is 0.463 e. The molecule has 0 spiro atoms. The first-order chi connectivity index (χ1) is 11.9. The lowest BCUT2D eigenvalue weighted by molar-refractivity contribution is -0.153. The van der Waals surface area contributed by atoms with Crippen molar-refractivity contribution >= 4 is 11.8 Å². The van der Waals surface area contributed by atoms with Crippen molar-refractivity contribution < 1.29 is 18.7 Å². The number of methoxy groups -OCH3 is 1. The Hall–Kier alpha value is -1.71. The number of benzene rings is 1. The predicted molar refractivity (Wildman–Crippen MR) is 93.5 cm³/mol. The molecule has 0 radical (unpaired) electrons. The predicted octanol–water partition coefficient (Wildman–Crippen LogP) is 4.29. The molecule has 3 nitrogen and oxygen atoms in total. The van der Waals surface area contributed by atoms with Crippen LogP contribution in [-0.2, 0) is 19.7 Å². The molecule has 136 valence electrons. The molecule has 1 aromatic rings. The van der Waals surface area contributed by atoms with Gasteiger partial charge in [-0.15, -0.1) is 0 Å². The molecule has 0 heterocycles. The number of hydrogen-bond donors (Lipinski definition) is 0. The number of halogens is 1. The number of fused-ring (bicyclic) bond motifs is 2. The third-order valence-electron chi connectivity index (χ3n) is 6.58. The Morgan fingerprint density at radius 2 is 1.80 bits per heavy atom. The summed E-state index contributed by atoms with van der Waals surface area (Å²) < 4.78 is 18.2. The Kier molecular flexibility index (Phi) is 4.99. The third-order valence-corrected chi connectivity index (χ3v) is 6.58. The fourth-order valence-electron chi connectivity index (χ4n) is 5.62. The lowest BCUT2D eigenvalue weighted by Crippen LogP contribution is -2.51. The minimum atomic E-state index is -0.778. The van der Waals surface area contributed by atoms with Gasteiger partial charge in [0.05, 0.1) is 7.11 Å². The van der Waals surface area contributed by atoms with Crippen molar-refractivity contribution in [3.8, 4) is 0 Å². The monoisotopic (exact) mass is 346 g/mol. The van der Waals surface area contributed by atoms with Crippen LogP contribution in [0.4, 0.5) is 4.39 Å². The van der Waals surface area contributed by atoms with Crippen LogP contribution in [-0.4, -0.2) is 18.9 Å². The lowest BCUT2D eigenvalue weighted by Gasteiger charge is -2.55. The highest BCUT2D eigenvalue weighted by atomic mass is 19.1. The number of ether oxygens (including phenoxy) is 1. The van der Waals surface area contributed by atoms with E-state index in [0.29, 0.717) is 17.8 Å². The fourth-order valence-corrected chi connectivity index (χ4v) is 5.62. The molecule has 2 saturated carbocycles. The molecular formula is C21H27FO3. The maximum atomic E-state index is 13.5. The number of hydrogen-bond acceptors (Lipinski definition) is 3. The summed E-state index contributed by atoms with van der Waals surface area (Å²) in [6, 6.07) is 6.53. The molecule has 2 bridgehead atoms. The zero-order chi connectivity index (χ0) is 18.2. The maximum absolute atomic E-state index is 13.5. The number of rotatable bonds is 4. The summed E-state index contributed by atoms with van der Waals surface area (Å²) in [7, 11) is 1.24. The van der Waals surface area contributed by atoms with Crippen LogP contribution in [0.2, 0.25) is 0 Å². The van der Waals surface area contributed by atoms with Crippen molar-refractivity contribution in [1.29, 1.82) is 0 Å². The van der Waals surface area contributed by atoms with Crippen LogP contribution in [0.15, 0.2) is 24.3 Å². The summed E-state index contributed by atoms with van der Waals surface area (Å²) in [5.41, 5.74) is 0.570. The quantitative estimate of drug-likeness (QED) is 0.603. The van der Waals surface area contributed by atoms with E-state index >= 15 is 0 Å². The molecule has 3 rings (SSSR count). The van der Waals surface area contributed by atoms with Crippen molar-refractivity contribution in [3.05, 3.63) is 35.6 Å². The van der Waals surface area contributed by atoms with Crippen LogP contribution in [0.25, 0.3) is 0 Å². The number of esters is 1. The molecule has 4 heteroatoms. The van der Waals surface area contributed by atoms with Gasteiger partial charge in [0.25, 0.3) is 0 Å². The van der Waals surface area contributed by atoms with Crippen molar-refractivity contribution in [1.82, 2.24) is 0 Å². The molecule has 0 amide bonds. The van der Waals surface area contributed by atoms with Gasteiger partial charge in [-0.1, -0.05) is 26.0 Å². The Bertz CT molecular complexity index is 650. The Labute approximate surface area is 148 Å². The molecule has 0 aromatic heterocycles. The molecule has 5 atom stereocenters. The van der Waals surface area contributed by atoms with Crippen molar-refractivity contribution in [2.24, 2.45) is 23.7 Å². The van der Waals surface area contributed by atoms with Crippen molar-refractivity contribution in [2.75, 3.05) is 7.11 Å². The molecule has 5 unspecified atom stereocenters. The molecule has 0 N–H and O–H groups in total. The van der Waals surface area contributed by atoms with Gasteiger partial charge in [-0.25, -0.2) is 9.18 Å². The van der Waals surface area contributed by atoms with Gasteiger partial charge in [0.2, 0.25) is 5.78 Å². The average Bonchev–Trinajstić information content (AvgIpc) is 2.58. The molecule has 1 aromatic carbocycles. The first-order valence-electron chi connectivity index (χ1n) is 9.24. The summed E-state index contributed by atoms with van der Waals surface area (Å²) in [6.45, 7) is 4.45. The van der Waals surface area contributed by atoms with Gasteiger partial charge in [0.1, 0.15) is 5.82 Å². The zero-order valence-corrected chi connectivity index (χ0v) is 15.3. The van der Waals surface area contributed by atoms with Crippen LogP contribution in [0.5, 0.6) is 0 Å². The van der Waals surface area contributed by atoms with Crippen LogP contribution < -0.4 is 0 Å². The maximum Gasteiger partial charge on any atom is 0.374 e. The highest BCUT2D eigenvalue weighted by Gasteiger charge is 2.53. The van der Waals surface area contributed by atoms with Crippen molar-refractivity contribution in [3.63, 3.8) is 0 Å². The van der Waals surface area contributed by atoms with Gasteiger partial charge in [0, 0.05) is 11.8 Å². The minimum Gasteiger partial charge on any atom is -0.463 e. The molecular weight excluding hydrogens is 319 g/mol. The average molecular weight is 346 g/mol. The number of carbonyl (C=O) groups is 2. The second-order valence-corrected chi connectivity index (χ2v) is 8.15. The highest BCUT2D eigenvalue weighted by Crippen LogP contribution is 2.57. The summed E-state index contributed by atoms with van der Waals surface area (Å²) in [4.78, 5) is 24.4. The normalized spacial score (nSPS) is 34.4. The van der Waals surface area contributed by atoms with E-state index in [0.717, 1.165) is 24.8 Å². The number of ketones is 1. The topological polar surface area (TPSA) is 43.4 Å². The second kappa shape index (κ2) is 6.89. The first-order valence-corrected chi connectivity index (χ1v) is 9.24. The van der Waals surface area contributed by atoms with E-state index in [2.05, 4.69) is 18.6 Å². The van der Waals surface area contributed by atoms with Crippen LogP contribution in [0.1, 0.15) is 51.5 Å². The second-order valence-electron chi connectivity index (χ2n) is 8.15. The van der Waals surface area contributed by atoms with Crippen LogP contribution in [0, 0.1) is 29.5 Å². The van der Waals surface area contributed by atoms with Crippen LogP contribution >= 0.6 is 0 Å². The highest BCUT2D eigenvalue weighted by molar-refractivity contribution is 6.33. The van der Waals surface area contributed by atoms with E-state index in [1.807, 2.05) is 0 Å². The SMILES string of the molecule is COC(=O)C(=O)CC1(c2ccc(F)cc2)C(C)CC2CC(C)CC1C2. The molecule has 2 aliphatic rings. The lowest BCUT2D eigenvalue weighted by atomic mass is 9.49. The number of carbonyl (C=O) groups excluding carboxylic acids is 2. The van der Waals surface area contributed by atoms with Gasteiger partial charge in [-0.05, 0) is 67.1 Å². The van der Waals surface area contributed by atoms with E-state index in [1.54, 1.807) is 12.1 Å². The van der Waals surface area contributed by atoms with Gasteiger partial charge in [0.15, 0.2) is 0 Å². The van der Waals surface area contributed by atoms with E-state index in [-0.39, 0.29) is 18.2 Å². The smallest absolute Gasteiger partial charge is 0.374 e. The standard InChI is InChI=1S/C21H27FO3/c1-13-8-15-10-14(2)21(17(9-13)11-15,12-19(23)20(24)25-3)16-4-6-18(22)7-5-16/h4-7,13-15,17H,8-12H2,1-3H3. The summed E-state index contributed by atoms with van der Waals surface area (Å²) in [5.74, 6) is 0.369. The minimum absolute atomic E-state index is 0.149. The molecule has 0 saturated heterocycles. The van der Waals surface area contributed by atoms with Gasteiger partial charge < -0.3 is 4.74 Å². The van der Waals surface area contributed by atoms with Crippen molar-refractivity contribution in [2.45, 2.75) is 51.4 Å². The molecule has 0 aliphatic heterocycles. The van der Waals surface area contributed by atoms with Crippen LogP contribution in [0.3, 0.4) is 0 Å². The van der Waals surface area contributed by atoms with Gasteiger partial charge in [-0.3, -0.25) is 4.79 Å². The Morgan fingerprint density at radius 1 is 1.12 bits per heavy atom. The summed E-state index contributed by atoms with van der Waals surface area (Å²) in [6.07, 6.45) is 4.57. The Morgan fingerprint density at radius 3 is 2.44 bits per heavy atom. The molecule has 25 heavy (non-hydrogen) atoms. The third kappa shape index (κ3) is 3.23. The molecule has 2 fully saturated rings. The van der Waals surface area contributed by atoms with Gasteiger partial charge >= 0.3 is 5.97 Å². The van der Waals surface area contributed by atoms with E-state index in [1.165, 1.54) is 25.7 Å². The van der Waals surface area contributed by atoms with E-state index < -0.39 is 17.2 Å². The summed E-state index contributed by atoms with van der Waals surface area (Å²) >= 11 is 0.